The van der Waals surface area contributed by atoms with Crippen molar-refractivity contribution in [1.82, 2.24) is 4.90 Å². The zero-order valence-corrected chi connectivity index (χ0v) is 13.1. The molecule has 3 nitrogen and oxygen atoms in total. The molecular weight excluding hydrogens is 266 g/mol. The molecule has 1 aromatic carbocycles. The molecule has 3 rings (SSSR count). The maximum atomic E-state index is 6.19. The number of nitrogens with two attached hydrogens (primary N) is 1. The van der Waals surface area contributed by atoms with Gasteiger partial charge >= 0.3 is 0 Å². The maximum absolute atomic E-state index is 6.19. The van der Waals surface area contributed by atoms with Crippen molar-refractivity contribution in [3.05, 3.63) is 35.9 Å². The lowest BCUT2D eigenvalue weighted by Crippen LogP contribution is -2.57. The van der Waals surface area contributed by atoms with E-state index in [1.54, 1.807) is 0 Å². The SMILES string of the molecule is CC1(C)CSCC2(CN=C(N)N2Cc2ccccc2)C1. The minimum atomic E-state index is 0.117. The third-order valence-corrected chi connectivity index (χ3v) is 5.97. The first-order chi connectivity index (χ1) is 9.51. The molecule has 0 radical (unpaired) electrons. The fourth-order valence-electron chi connectivity index (χ4n) is 3.44. The molecule has 0 amide bonds. The number of aliphatic imine (C=N–C) groups is 1. The van der Waals surface area contributed by atoms with Gasteiger partial charge < -0.3 is 10.6 Å². The van der Waals surface area contributed by atoms with Crippen LogP contribution >= 0.6 is 11.8 Å². The average molecular weight is 289 g/mol. The predicted octanol–water partition coefficient (Wildman–Crippen LogP) is 2.72. The van der Waals surface area contributed by atoms with Gasteiger partial charge in [0.1, 0.15) is 0 Å². The Morgan fingerprint density at radius 2 is 2.00 bits per heavy atom. The first kappa shape index (κ1) is 13.8. The van der Waals surface area contributed by atoms with Gasteiger partial charge in [0, 0.05) is 12.3 Å². The molecule has 0 bridgehead atoms. The van der Waals surface area contributed by atoms with Crippen LogP contribution in [0.3, 0.4) is 0 Å². The summed E-state index contributed by atoms with van der Waals surface area (Å²) in [6, 6.07) is 10.6. The molecule has 108 valence electrons. The Hall–Kier alpha value is -1.16. The number of guanidine groups is 1. The van der Waals surface area contributed by atoms with Crippen LogP contribution in [-0.2, 0) is 6.54 Å². The number of rotatable bonds is 2. The second-order valence-electron chi connectivity index (χ2n) is 6.80. The molecule has 1 saturated heterocycles. The summed E-state index contributed by atoms with van der Waals surface area (Å²) in [5.74, 6) is 3.08. The molecule has 4 heteroatoms. The molecule has 2 aliphatic heterocycles. The van der Waals surface area contributed by atoms with Gasteiger partial charge in [-0.15, -0.1) is 0 Å². The number of benzene rings is 1. The Morgan fingerprint density at radius 1 is 1.25 bits per heavy atom. The second-order valence-corrected chi connectivity index (χ2v) is 7.79. The first-order valence-electron chi connectivity index (χ1n) is 7.20. The van der Waals surface area contributed by atoms with E-state index in [1.807, 2.05) is 11.8 Å². The van der Waals surface area contributed by atoms with Crippen LogP contribution in [0.5, 0.6) is 0 Å². The van der Waals surface area contributed by atoms with Crippen LogP contribution in [0.4, 0.5) is 0 Å². The van der Waals surface area contributed by atoms with Crippen LogP contribution in [-0.4, -0.2) is 34.4 Å². The molecule has 1 atom stereocenters. The second kappa shape index (κ2) is 4.99. The van der Waals surface area contributed by atoms with Crippen molar-refractivity contribution in [2.75, 3.05) is 18.1 Å². The molecule has 0 saturated carbocycles. The van der Waals surface area contributed by atoms with E-state index in [9.17, 15) is 0 Å². The third-order valence-electron chi connectivity index (χ3n) is 4.24. The van der Waals surface area contributed by atoms with Crippen LogP contribution in [0.25, 0.3) is 0 Å². The van der Waals surface area contributed by atoms with Crippen LogP contribution < -0.4 is 5.73 Å². The summed E-state index contributed by atoms with van der Waals surface area (Å²) >= 11 is 2.04. The highest BCUT2D eigenvalue weighted by molar-refractivity contribution is 7.99. The predicted molar refractivity (Wildman–Crippen MR) is 86.9 cm³/mol. The Morgan fingerprint density at radius 3 is 2.70 bits per heavy atom. The van der Waals surface area contributed by atoms with E-state index in [1.165, 1.54) is 17.7 Å². The molecule has 1 fully saturated rings. The molecule has 2 heterocycles. The fraction of sp³-hybridized carbons (Fsp3) is 0.562. The van der Waals surface area contributed by atoms with E-state index >= 15 is 0 Å². The zero-order chi connectivity index (χ0) is 14.2. The van der Waals surface area contributed by atoms with Crippen molar-refractivity contribution in [3.63, 3.8) is 0 Å². The molecule has 1 unspecified atom stereocenters. The lowest BCUT2D eigenvalue weighted by molar-refractivity contribution is 0.143. The number of hydrogen-bond acceptors (Lipinski definition) is 4. The van der Waals surface area contributed by atoms with Gasteiger partial charge in [0.2, 0.25) is 0 Å². The summed E-state index contributed by atoms with van der Waals surface area (Å²) in [6.07, 6.45) is 1.17. The Balaban J connectivity index is 1.85. The topological polar surface area (TPSA) is 41.6 Å². The van der Waals surface area contributed by atoms with Crippen molar-refractivity contribution in [3.8, 4) is 0 Å². The lowest BCUT2D eigenvalue weighted by Gasteiger charge is -2.47. The van der Waals surface area contributed by atoms with E-state index in [-0.39, 0.29) is 5.54 Å². The summed E-state index contributed by atoms with van der Waals surface area (Å²) < 4.78 is 0. The van der Waals surface area contributed by atoms with Gasteiger partial charge in [0.15, 0.2) is 5.96 Å². The highest BCUT2D eigenvalue weighted by Crippen LogP contribution is 2.44. The van der Waals surface area contributed by atoms with Crippen molar-refractivity contribution in [1.29, 1.82) is 0 Å². The van der Waals surface area contributed by atoms with Gasteiger partial charge in [-0.25, -0.2) is 0 Å². The highest BCUT2D eigenvalue weighted by atomic mass is 32.2. The van der Waals surface area contributed by atoms with Gasteiger partial charge in [0.05, 0.1) is 12.1 Å². The van der Waals surface area contributed by atoms with Crippen LogP contribution in [0.2, 0.25) is 0 Å². The van der Waals surface area contributed by atoms with Gasteiger partial charge in [-0.2, -0.15) is 11.8 Å². The zero-order valence-electron chi connectivity index (χ0n) is 12.3. The monoisotopic (exact) mass is 289 g/mol. The molecule has 1 spiro atoms. The molecule has 1 aromatic rings. The quantitative estimate of drug-likeness (QED) is 0.910. The Bertz CT molecular complexity index is 512. The van der Waals surface area contributed by atoms with Crippen LogP contribution in [0.1, 0.15) is 25.8 Å². The standard InChI is InChI=1S/C16H23N3S/c1-15(2)9-16(12-20-11-15)10-18-14(17)19(16)8-13-6-4-3-5-7-13/h3-7H,8-12H2,1-2H3,(H2,17,18). The van der Waals surface area contributed by atoms with Gasteiger partial charge in [-0.05, 0) is 23.2 Å². The molecule has 0 aromatic heterocycles. The summed E-state index contributed by atoms with van der Waals surface area (Å²) in [5.41, 5.74) is 7.97. The highest BCUT2D eigenvalue weighted by Gasteiger charge is 2.48. The lowest BCUT2D eigenvalue weighted by atomic mass is 9.79. The molecular formula is C16H23N3S. The van der Waals surface area contributed by atoms with Crippen LogP contribution in [0.15, 0.2) is 35.3 Å². The van der Waals surface area contributed by atoms with Gasteiger partial charge in [-0.1, -0.05) is 44.2 Å². The Labute approximate surface area is 125 Å². The first-order valence-corrected chi connectivity index (χ1v) is 8.36. The van der Waals surface area contributed by atoms with E-state index in [0.717, 1.165) is 18.8 Å². The normalized spacial score (nSPS) is 28.7. The summed E-state index contributed by atoms with van der Waals surface area (Å²) in [7, 11) is 0. The molecule has 2 aliphatic rings. The number of hydrogen-bond donors (Lipinski definition) is 1. The third kappa shape index (κ3) is 2.53. The van der Waals surface area contributed by atoms with Crippen molar-refractivity contribution in [2.45, 2.75) is 32.4 Å². The summed E-state index contributed by atoms with van der Waals surface area (Å²) in [5, 5.41) is 0. The minimum Gasteiger partial charge on any atom is -0.370 e. The van der Waals surface area contributed by atoms with Gasteiger partial charge in [-0.3, -0.25) is 4.99 Å². The molecule has 2 N–H and O–H groups in total. The fourth-order valence-corrected chi connectivity index (χ4v) is 4.93. The van der Waals surface area contributed by atoms with E-state index < -0.39 is 0 Å². The summed E-state index contributed by atoms with van der Waals surface area (Å²) in [4.78, 5) is 6.91. The van der Waals surface area contributed by atoms with Crippen LogP contribution in [0, 0.1) is 5.41 Å². The molecule has 20 heavy (non-hydrogen) atoms. The average Bonchev–Trinajstić information content (AvgIpc) is 2.68. The van der Waals surface area contributed by atoms with Crippen molar-refractivity contribution < 1.29 is 0 Å². The summed E-state index contributed by atoms with van der Waals surface area (Å²) in [6.45, 7) is 6.43. The van der Waals surface area contributed by atoms with E-state index in [2.05, 4.69) is 54.1 Å². The maximum Gasteiger partial charge on any atom is 0.192 e. The molecule has 0 aliphatic carbocycles. The van der Waals surface area contributed by atoms with Crippen molar-refractivity contribution >= 4 is 17.7 Å². The van der Waals surface area contributed by atoms with E-state index in [0.29, 0.717) is 11.4 Å². The van der Waals surface area contributed by atoms with Gasteiger partial charge in [0.25, 0.3) is 0 Å². The van der Waals surface area contributed by atoms with Crippen molar-refractivity contribution in [2.24, 2.45) is 16.1 Å². The number of nitrogens with zero attached hydrogens (tertiary/aromatic N) is 2. The number of thioether (sulfide) groups is 1. The Kier molecular flexibility index (Phi) is 3.44. The minimum absolute atomic E-state index is 0.117. The smallest absolute Gasteiger partial charge is 0.192 e. The van der Waals surface area contributed by atoms with E-state index in [4.69, 9.17) is 5.73 Å². The largest absolute Gasteiger partial charge is 0.370 e.